The van der Waals surface area contributed by atoms with Crippen molar-refractivity contribution in [2.24, 2.45) is 35.1 Å². The molecule has 3 rings (SSSR count). The van der Waals surface area contributed by atoms with E-state index in [0.29, 0.717) is 26.2 Å². The van der Waals surface area contributed by atoms with Crippen LogP contribution in [-0.2, 0) is 19.1 Å². The summed E-state index contributed by atoms with van der Waals surface area (Å²) in [7, 11) is 0. The number of nitrogens with one attached hydrogen (secondary N) is 2. The predicted molar refractivity (Wildman–Crippen MR) is 137 cm³/mol. The average molecular weight is 495 g/mol. The molecule has 0 aromatic heterocycles. The van der Waals surface area contributed by atoms with E-state index in [1.807, 2.05) is 0 Å². The number of unbranched alkanes of at least 4 members (excludes halogenated alkanes) is 8. The lowest BCUT2D eigenvalue weighted by atomic mass is 9.75. The van der Waals surface area contributed by atoms with Crippen LogP contribution in [0.5, 0.6) is 0 Å². The molecule has 6 N–H and O–H groups in total. The van der Waals surface area contributed by atoms with Gasteiger partial charge in [0.15, 0.2) is 6.29 Å². The van der Waals surface area contributed by atoms with E-state index >= 15 is 0 Å². The van der Waals surface area contributed by atoms with Crippen molar-refractivity contribution in [1.82, 2.24) is 10.6 Å². The van der Waals surface area contributed by atoms with E-state index in [1.165, 1.54) is 25.7 Å². The van der Waals surface area contributed by atoms with Crippen LogP contribution in [-0.4, -0.2) is 56.5 Å². The second kappa shape index (κ2) is 15.1. The van der Waals surface area contributed by atoms with Crippen LogP contribution < -0.4 is 22.1 Å². The number of carbonyl (C=O) groups is 2. The van der Waals surface area contributed by atoms with Crippen LogP contribution in [0.4, 0.5) is 0 Å². The summed E-state index contributed by atoms with van der Waals surface area (Å²) in [5.74, 6) is -0.588. The predicted octanol–water partition coefficient (Wildman–Crippen LogP) is 2.83. The topological polar surface area (TPSA) is 129 Å². The lowest BCUT2D eigenvalue weighted by Gasteiger charge is -2.34. The summed E-state index contributed by atoms with van der Waals surface area (Å²) < 4.78 is 12.7. The zero-order valence-corrected chi connectivity index (χ0v) is 21.8. The van der Waals surface area contributed by atoms with Gasteiger partial charge in [0.05, 0.1) is 24.0 Å². The van der Waals surface area contributed by atoms with Crippen LogP contribution in [0.3, 0.4) is 0 Å². The van der Waals surface area contributed by atoms with Gasteiger partial charge in [-0.3, -0.25) is 9.59 Å². The summed E-state index contributed by atoms with van der Waals surface area (Å²) in [5, 5.41) is 6.22. The van der Waals surface area contributed by atoms with Gasteiger partial charge < -0.3 is 31.6 Å². The van der Waals surface area contributed by atoms with Gasteiger partial charge in [-0.05, 0) is 58.0 Å². The Morgan fingerprint density at radius 2 is 1.20 bits per heavy atom. The minimum absolute atomic E-state index is 0.00130. The van der Waals surface area contributed by atoms with Gasteiger partial charge in [-0.2, -0.15) is 0 Å². The molecule has 8 heteroatoms. The van der Waals surface area contributed by atoms with Gasteiger partial charge in [0.25, 0.3) is 0 Å². The molecule has 2 aliphatic carbocycles. The van der Waals surface area contributed by atoms with Crippen molar-refractivity contribution in [3.8, 4) is 0 Å². The number of ether oxygens (including phenoxy) is 2. The smallest absolute Gasteiger partial charge is 0.224 e. The van der Waals surface area contributed by atoms with E-state index in [1.54, 1.807) is 0 Å². The second-order valence-corrected chi connectivity index (χ2v) is 10.7. The SMILES string of the molecule is CCCCCCCC1OC2C3CC(C2O1)C(C(=O)NCCCCCN)C3C(=O)NCCCCCN. The number of rotatable bonds is 18. The number of hydrogen-bond donors (Lipinski definition) is 4. The molecule has 8 nitrogen and oxygen atoms in total. The summed E-state index contributed by atoms with van der Waals surface area (Å²) in [6, 6.07) is 0. The molecule has 35 heavy (non-hydrogen) atoms. The Morgan fingerprint density at radius 1 is 0.714 bits per heavy atom. The third-order valence-corrected chi connectivity index (χ3v) is 8.15. The summed E-state index contributed by atoms with van der Waals surface area (Å²) in [4.78, 5) is 26.6. The van der Waals surface area contributed by atoms with E-state index in [0.717, 1.165) is 57.8 Å². The summed E-state index contributed by atoms with van der Waals surface area (Å²) in [5.41, 5.74) is 11.2. The molecule has 1 heterocycles. The molecule has 6 unspecified atom stereocenters. The minimum atomic E-state index is -0.341. The number of carbonyl (C=O) groups excluding carboxylic acids is 2. The Hall–Kier alpha value is -1.22. The molecular formula is C27H50N4O4. The lowest BCUT2D eigenvalue weighted by molar-refractivity contribution is -0.140. The molecule has 6 atom stereocenters. The maximum atomic E-state index is 13.3. The van der Waals surface area contributed by atoms with Gasteiger partial charge in [-0.1, -0.05) is 45.4 Å². The van der Waals surface area contributed by atoms with Crippen LogP contribution in [0.25, 0.3) is 0 Å². The second-order valence-electron chi connectivity index (χ2n) is 10.7. The quantitative estimate of drug-likeness (QED) is 0.217. The molecule has 3 fully saturated rings. The highest BCUT2D eigenvalue weighted by Crippen LogP contribution is 2.57. The van der Waals surface area contributed by atoms with Gasteiger partial charge >= 0.3 is 0 Å². The highest BCUT2D eigenvalue weighted by molar-refractivity contribution is 5.89. The van der Waals surface area contributed by atoms with Crippen molar-refractivity contribution >= 4 is 11.8 Å². The molecule has 202 valence electrons. The Kier molecular flexibility index (Phi) is 12.3. The number of amides is 2. The molecule has 0 spiro atoms. The molecule has 2 saturated carbocycles. The fourth-order valence-corrected chi connectivity index (χ4v) is 6.36. The monoisotopic (exact) mass is 494 g/mol. The van der Waals surface area contributed by atoms with Crippen LogP contribution in [0.15, 0.2) is 0 Å². The zero-order chi connectivity index (χ0) is 25.0. The molecule has 0 aromatic rings. The molecule has 0 aromatic carbocycles. The highest BCUT2D eigenvalue weighted by Gasteiger charge is 2.66. The fraction of sp³-hybridized carbons (Fsp3) is 0.926. The maximum Gasteiger partial charge on any atom is 0.224 e. The summed E-state index contributed by atoms with van der Waals surface area (Å²) in [6.07, 6.45) is 13.2. The molecular weight excluding hydrogens is 444 g/mol. The van der Waals surface area contributed by atoms with Crippen molar-refractivity contribution in [3.63, 3.8) is 0 Å². The van der Waals surface area contributed by atoms with Gasteiger partial charge in [0.1, 0.15) is 0 Å². The molecule has 1 aliphatic heterocycles. The Labute approximate surface area is 212 Å². The fourth-order valence-electron chi connectivity index (χ4n) is 6.36. The van der Waals surface area contributed by atoms with Crippen LogP contribution in [0.1, 0.15) is 90.4 Å². The van der Waals surface area contributed by atoms with Gasteiger partial charge in [-0.25, -0.2) is 0 Å². The molecule has 3 aliphatic rings. The average Bonchev–Trinajstić information content (AvgIpc) is 3.54. The summed E-state index contributed by atoms with van der Waals surface area (Å²) in [6.45, 7) is 4.83. The number of hydrogen-bond acceptors (Lipinski definition) is 6. The first-order valence-corrected chi connectivity index (χ1v) is 14.4. The first kappa shape index (κ1) is 28.4. The minimum Gasteiger partial charge on any atom is -0.356 e. The molecule has 2 bridgehead atoms. The van der Waals surface area contributed by atoms with Crippen molar-refractivity contribution in [2.45, 2.75) is 109 Å². The molecule has 2 amide bonds. The van der Waals surface area contributed by atoms with Crippen LogP contribution >= 0.6 is 0 Å². The van der Waals surface area contributed by atoms with E-state index in [-0.39, 0.29) is 54.0 Å². The third-order valence-electron chi connectivity index (χ3n) is 8.15. The van der Waals surface area contributed by atoms with Gasteiger partial charge in [0.2, 0.25) is 11.8 Å². The Balaban J connectivity index is 1.58. The van der Waals surface area contributed by atoms with Gasteiger partial charge in [-0.15, -0.1) is 0 Å². The third kappa shape index (κ3) is 7.63. The van der Waals surface area contributed by atoms with Crippen molar-refractivity contribution in [2.75, 3.05) is 26.2 Å². The van der Waals surface area contributed by atoms with Crippen molar-refractivity contribution < 1.29 is 19.1 Å². The lowest BCUT2D eigenvalue weighted by Crippen LogP contribution is -2.52. The number of fused-ring (bicyclic) bond motifs is 5. The first-order valence-electron chi connectivity index (χ1n) is 14.4. The molecule has 1 saturated heterocycles. The van der Waals surface area contributed by atoms with Crippen molar-refractivity contribution in [3.05, 3.63) is 0 Å². The standard InChI is InChI=1S/C27H50N4O4/c1-2-3-4-5-8-13-21-34-24-19-18-20(25(24)35-21)23(27(33)31-17-12-7-10-15-29)22(19)26(32)30-16-11-6-9-14-28/h19-25H,2-18,28-29H2,1H3,(H,30,32)(H,31,33). The van der Waals surface area contributed by atoms with E-state index in [4.69, 9.17) is 20.9 Å². The van der Waals surface area contributed by atoms with Crippen LogP contribution in [0.2, 0.25) is 0 Å². The van der Waals surface area contributed by atoms with E-state index < -0.39 is 0 Å². The Morgan fingerprint density at radius 3 is 1.69 bits per heavy atom. The Bertz CT molecular complexity index is 603. The highest BCUT2D eigenvalue weighted by atomic mass is 16.7. The summed E-state index contributed by atoms with van der Waals surface area (Å²) >= 11 is 0. The first-order chi connectivity index (χ1) is 17.1. The maximum absolute atomic E-state index is 13.3. The van der Waals surface area contributed by atoms with Crippen LogP contribution in [0, 0.1) is 23.7 Å². The zero-order valence-electron chi connectivity index (χ0n) is 21.8. The largest absolute Gasteiger partial charge is 0.356 e. The van der Waals surface area contributed by atoms with Crippen molar-refractivity contribution in [1.29, 1.82) is 0 Å². The molecule has 0 radical (unpaired) electrons. The van der Waals surface area contributed by atoms with Gasteiger partial charge in [0, 0.05) is 24.9 Å². The number of nitrogens with two attached hydrogens (primary N) is 2. The normalized spacial score (nSPS) is 31.0. The van der Waals surface area contributed by atoms with E-state index in [9.17, 15) is 9.59 Å². The van der Waals surface area contributed by atoms with E-state index in [2.05, 4.69) is 17.6 Å².